The van der Waals surface area contributed by atoms with Gasteiger partial charge in [-0.25, -0.2) is 0 Å². The number of amides is 1. The summed E-state index contributed by atoms with van der Waals surface area (Å²) >= 11 is 0. The monoisotopic (exact) mass is 395 g/mol. The van der Waals surface area contributed by atoms with Crippen molar-refractivity contribution in [1.29, 1.82) is 0 Å². The molecule has 0 aromatic heterocycles. The Labute approximate surface area is 178 Å². The zero-order valence-corrected chi connectivity index (χ0v) is 18.7. The molecule has 5 rings (SSSR count). The molecule has 0 bridgehead atoms. The third kappa shape index (κ3) is 3.53. The normalized spacial score (nSPS) is 46.3. The number of allylic oxidation sites excluding steroid dienone is 3. The molecule has 0 saturated heterocycles. The number of carbonyl (C=O) groups excluding carboxylic acids is 1. The summed E-state index contributed by atoms with van der Waals surface area (Å²) in [5, 5.41) is 3.33. The first kappa shape index (κ1) is 19.9. The summed E-state index contributed by atoms with van der Waals surface area (Å²) in [5.74, 6) is 6.84. The first-order valence-electron chi connectivity index (χ1n) is 12.7. The Balaban J connectivity index is 1.24. The Bertz CT molecular complexity index is 693. The van der Waals surface area contributed by atoms with Crippen molar-refractivity contribution in [3.63, 3.8) is 0 Å². The third-order valence-corrected chi connectivity index (χ3v) is 10.2. The lowest BCUT2D eigenvalue weighted by molar-refractivity contribution is -0.118. The molecule has 0 radical (unpaired) electrons. The van der Waals surface area contributed by atoms with Crippen LogP contribution in [-0.2, 0) is 4.79 Å². The summed E-state index contributed by atoms with van der Waals surface area (Å²) in [4.78, 5) is 12.6. The largest absolute Gasteiger partial charge is 0.352 e. The molecule has 2 heteroatoms. The Kier molecular flexibility index (Phi) is 5.41. The van der Waals surface area contributed by atoms with Gasteiger partial charge in [0.15, 0.2) is 0 Å². The molecule has 6 unspecified atom stereocenters. The van der Waals surface area contributed by atoms with E-state index in [4.69, 9.17) is 0 Å². The van der Waals surface area contributed by atoms with Crippen LogP contribution < -0.4 is 5.32 Å². The van der Waals surface area contributed by atoms with Crippen LogP contribution in [0.5, 0.6) is 0 Å². The van der Waals surface area contributed by atoms with E-state index >= 15 is 0 Å². The van der Waals surface area contributed by atoms with Gasteiger partial charge in [-0.3, -0.25) is 4.79 Å². The van der Waals surface area contributed by atoms with Gasteiger partial charge in [0.1, 0.15) is 0 Å². The molecule has 2 nitrogen and oxygen atoms in total. The number of nitrogens with one attached hydrogen (secondary N) is 1. The van der Waals surface area contributed by atoms with E-state index in [0.717, 1.165) is 60.5 Å². The van der Waals surface area contributed by atoms with Crippen molar-refractivity contribution < 1.29 is 4.79 Å². The molecule has 5 aliphatic carbocycles. The van der Waals surface area contributed by atoms with Crippen LogP contribution in [0.25, 0.3) is 0 Å². The van der Waals surface area contributed by atoms with Crippen LogP contribution in [0.4, 0.5) is 0 Å². The second-order valence-electron chi connectivity index (χ2n) is 11.5. The van der Waals surface area contributed by atoms with Gasteiger partial charge in [-0.2, -0.15) is 0 Å². The average Bonchev–Trinajstić information content (AvgIpc) is 3.08. The quantitative estimate of drug-likeness (QED) is 0.598. The summed E-state index contributed by atoms with van der Waals surface area (Å²) in [6, 6.07) is 0. The van der Waals surface area contributed by atoms with Crippen molar-refractivity contribution in [3.8, 4) is 0 Å². The molecular formula is C27H41NO. The standard InChI is InChI=1S/C27H41NO/c1-18-8-11-22-20(16-18)9-12-24-23(22)14-15-27(2)21(10-13-25(24)27)17-28-26(29)19-6-4-3-5-7-19/h3-4,6,18,20-25H,5,7-17H2,1-2H3,(H,28,29)/t18?,20?,21?,22?,23-,24?,25+,27?/m1/s1. The Hall–Kier alpha value is -1.05. The lowest BCUT2D eigenvalue weighted by atomic mass is 9.49. The molecule has 4 fully saturated rings. The number of hydrogen-bond acceptors (Lipinski definition) is 1. The fourth-order valence-corrected chi connectivity index (χ4v) is 8.65. The molecule has 29 heavy (non-hydrogen) atoms. The van der Waals surface area contributed by atoms with Crippen molar-refractivity contribution in [1.82, 2.24) is 5.32 Å². The zero-order valence-electron chi connectivity index (χ0n) is 18.7. The summed E-state index contributed by atoms with van der Waals surface area (Å²) < 4.78 is 0. The Morgan fingerprint density at radius 2 is 1.93 bits per heavy atom. The first-order chi connectivity index (χ1) is 14.1. The summed E-state index contributed by atoms with van der Waals surface area (Å²) in [7, 11) is 0. The van der Waals surface area contributed by atoms with Gasteiger partial charge in [0.25, 0.3) is 0 Å². The minimum Gasteiger partial charge on any atom is -0.352 e. The maximum absolute atomic E-state index is 12.6. The highest BCUT2D eigenvalue weighted by atomic mass is 16.1. The van der Waals surface area contributed by atoms with Crippen LogP contribution in [-0.4, -0.2) is 12.5 Å². The van der Waals surface area contributed by atoms with E-state index in [2.05, 4.69) is 25.2 Å². The molecule has 0 heterocycles. The number of hydrogen-bond donors (Lipinski definition) is 1. The van der Waals surface area contributed by atoms with Crippen molar-refractivity contribution >= 4 is 5.91 Å². The van der Waals surface area contributed by atoms with E-state index in [1.165, 1.54) is 57.8 Å². The summed E-state index contributed by atoms with van der Waals surface area (Å²) in [6.45, 7) is 5.97. The highest BCUT2D eigenvalue weighted by molar-refractivity contribution is 5.93. The van der Waals surface area contributed by atoms with Gasteiger partial charge in [-0.05, 0) is 111 Å². The van der Waals surface area contributed by atoms with Crippen molar-refractivity contribution in [2.75, 3.05) is 6.54 Å². The zero-order chi connectivity index (χ0) is 20.0. The van der Waals surface area contributed by atoms with Crippen LogP contribution in [0.2, 0.25) is 0 Å². The fraction of sp³-hybridized carbons (Fsp3) is 0.815. The number of carbonyl (C=O) groups is 1. The van der Waals surface area contributed by atoms with E-state index < -0.39 is 0 Å². The molecule has 160 valence electrons. The van der Waals surface area contributed by atoms with Crippen LogP contribution in [0.15, 0.2) is 23.8 Å². The molecule has 0 aliphatic heterocycles. The van der Waals surface area contributed by atoms with Gasteiger partial charge >= 0.3 is 0 Å². The highest BCUT2D eigenvalue weighted by Crippen LogP contribution is 2.64. The maximum atomic E-state index is 12.6. The van der Waals surface area contributed by atoms with Gasteiger partial charge in [-0.15, -0.1) is 0 Å². The van der Waals surface area contributed by atoms with E-state index in [0.29, 0.717) is 11.3 Å². The lowest BCUT2D eigenvalue weighted by Crippen LogP contribution is -2.49. The number of rotatable bonds is 3. The predicted octanol–water partition coefficient (Wildman–Crippen LogP) is 6.28. The first-order valence-corrected chi connectivity index (χ1v) is 12.7. The van der Waals surface area contributed by atoms with Crippen LogP contribution >= 0.6 is 0 Å². The molecule has 8 atom stereocenters. The summed E-state index contributed by atoms with van der Waals surface area (Å²) in [5.41, 5.74) is 1.44. The summed E-state index contributed by atoms with van der Waals surface area (Å²) in [6.07, 6.45) is 21.2. The molecule has 0 spiro atoms. The molecule has 5 aliphatic rings. The van der Waals surface area contributed by atoms with E-state index in [-0.39, 0.29) is 5.91 Å². The molecule has 1 N–H and O–H groups in total. The molecule has 0 aromatic carbocycles. The average molecular weight is 396 g/mol. The van der Waals surface area contributed by atoms with E-state index in [1.807, 2.05) is 12.2 Å². The highest BCUT2D eigenvalue weighted by Gasteiger charge is 2.56. The van der Waals surface area contributed by atoms with Crippen LogP contribution in [0, 0.1) is 46.8 Å². The predicted molar refractivity (Wildman–Crippen MR) is 119 cm³/mol. The Morgan fingerprint density at radius 1 is 1.07 bits per heavy atom. The van der Waals surface area contributed by atoms with Gasteiger partial charge in [0.2, 0.25) is 5.91 Å². The van der Waals surface area contributed by atoms with Crippen LogP contribution in [0.1, 0.15) is 84.5 Å². The van der Waals surface area contributed by atoms with E-state index in [1.54, 1.807) is 0 Å². The van der Waals surface area contributed by atoms with Crippen molar-refractivity contribution in [2.24, 2.45) is 46.8 Å². The van der Waals surface area contributed by atoms with Crippen molar-refractivity contribution in [3.05, 3.63) is 23.8 Å². The molecule has 0 aromatic rings. The lowest BCUT2D eigenvalue weighted by Gasteiger charge is -2.56. The fourth-order valence-electron chi connectivity index (χ4n) is 8.65. The second kappa shape index (κ2) is 7.89. The Morgan fingerprint density at radius 3 is 2.76 bits per heavy atom. The third-order valence-electron chi connectivity index (χ3n) is 10.2. The van der Waals surface area contributed by atoms with E-state index in [9.17, 15) is 4.79 Å². The van der Waals surface area contributed by atoms with Gasteiger partial charge in [-0.1, -0.05) is 38.5 Å². The SMILES string of the molecule is CC1CCC2C(CCC3[C@@H]2CCC2(C)C(CNC(=O)C4=CC=CCC4)CC[C@@H]32)C1. The molecule has 4 saturated carbocycles. The van der Waals surface area contributed by atoms with Gasteiger partial charge in [0, 0.05) is 12.1 Å². The topological polar surface area (TPSA) is 29.1 Å². The van der Waals surface area contributed by atoms with Gasteiger partial charge in [0.05, 0.1) is 0 Å². The van der Waals surface area contributed by atoms with Crippen LogP contribution in [0.3, 0.4) is 0 Å². The van der Waals surface area contributed by atoms with Crippen molar-refractivity contribution in [2.45, 2.75) is 84.5 Å². The minimum atomic E-state index is 0.187. The molecular weight excluding hydrogens is 354 g/mol. The smallest absolute Gasteiger partial charge is 0.247 e. The number of fused-ring (bicyclic) bond motifs is 5. The second-order valence-corrected chi connectivity index (χ2v) is 11.5. The van der Waals surface area contributed by atoms with Gasteiger partial charge < -0.3 is 5.32 Å². The minimum absolute atomic E-state index is 0.187. The maximum Gasteiger partial charge on any atom is 0.247 e. The molecule has 1 amide bonds.